The zero-order chi connectivity index (χ0) is 18.1. The first kappa shape index (κ1) is 18.1. The Morgan fingerprint density at radius 3 is 2.38 bits per heavy atom. The second-order valence-corrected chi connectivity index (χ2v) is 9.46. The SMILES string of the molecule is C=C[C@]1(C)O[C@@]2(C)CCC3C(C)(C)C(=O)CC[C@@]3(C)C2[C@@H](O)[C@H]1O. The summed E-state index contributed by atoms with van der Waals surface area (Å²) < 4.78 is 6.39. The first-order chi connectivity index (χ1) is 10.9. The van der Waals surface area contributed by atoms with Gasteiger partial charge in [-0.05, 0) is 44.4 Å². The molecule has 3 rings (SSSR count). The van der Waals surface area contributed by atoms with Crippen molar-refractivity contribution in [2.45, 2.75) is 83.7 Å². The summed E-state index contributed by atoms with van der Waals surface area (Å²) in [5, 5.41) is 21.8. The number of carbonyl (C=O) groups excluding carboxylic acids is 1. The van der Waals surface area contributed by atoms with Crippen LogP contribution in [-0.4, -0.2) is 39.4 Å². The molecule has 0 aromatic rings. The Hall–Kier alpha value is -0.710. The van der Waals surface area contributed by atoms with Gasteiger partial charge in [0, 0.05) is 17.8 Å². The highest BCUT2D eigenvalue weighted by Gasteiger charge is 2.67. The Bertz CT molecular complexity index is 570. The Labute approximate surface area is 145 Å². The molecule has 0 bridgehead atoms. The van der Waals surface area contributed by atoms with Crippen molar-refractivity contribution in [3.8, 4) is 0 Å². The molecule has 0 aromatic heterocycles. The monoisotopic (exact) mass is 336 g/mol. The number of ether oxygens (including phenoxy) is 1. The van der Waals surface area contributed by atoms with E-state index in [0.29, 0.717) is 12.2 Å². The van der Waals surface area contributed by atoms with E-state index in [4.69, 9.17) is 4.74 Å². The summed E-state index contributed by atoms with van der Waals surface area (Å²) in [7, 11) is 0. The van der Waals surface area contributed by atoms with E-state index < -0.39 is 28.8 Å². The summed E-state index contributed by atoms with van der Waals surface area (Å²) in [6.45, 7) is 13.9. The zero-order valence-corrected chi connectivity index (χ0v) is 15.6. The number of Topliss-reactive ketones (excluding diaryl/α,β-unsaturated/α-hetero) is 1. The highest BCUT2D eigenvalue weighted by molar-refractivity contribution is 5.85. The standard InChI is InChI=1S/C20H32O4/c1-7-19(5)16(23)14(22)15-18(4)10-9-13(21)17(2,3)12(18)8-11-20(15,6)24-19/h7,12,14-16,22-23H,1,8-11H2,2-6H3/t12?,14-,15?,16-,18-,19+,20+/m1/s1. The third kappa shape index (κ3) is 2.12. The second-order valence-electron chi connectivity index (χ2n) is 9.46. The zero-order valence-electron chi connectivity index (χ0n) is 15.6. The first-order valence-electron chi connectivity index (χ1n) is 9.15. The lowest BCUT2D eigenvalue weighted by Gasteiger charge is -2.66. The minimum absolute atomic E-state index is 0.195. The number of rotatable bonds is 1. The lowest BCUT2D eigenvalue weighted by atomic mass is 9.43. The molecule has 0 spiro atoms. The van der Waals surface area contributed by atoms with Crippen molar-refractivity contribution in [3.63, 3.8) is 0 Å². The van der Waals surface area contributed by atoms with Crippen LogP contribution in [0.5, 0.6) is 0 Å². The van der Waals surface area contributed by atoms with Gasteiger partial charge in [-0.15, -0.1) is 6.58 Å². The number of aliphatic hydroxyl groups excluding tert-OH is 2. The summed E-state index contributed by atoms with van der Waals surface area (Å²) in [4.78, 5) is 12.5. The fourth-order valence-corrected chi connectivity index (χ4v) is 6.36. The van der Waals surface area contributed by atoms with Gasteiger partial charge in [-0.2, -0.15) is 0 Å². The van der Waals surface area contributed by atoms with Gasteiger partial charge in [-0.3, -0.25) is 4.79 Å². The van der Waals surface area contributed by atoms with Crippen LogP contribution in [-0.2, 0) is 9.53 Å². The van der Waals surface area contributed by atoms with E-state index in [0.717, 1.165) is 19.3 Å². The average Bonchev–Trinajstić information content (AvgIpc) is 2.48. The van der Waals surface area contributed by atoms with Gasteiger partial charge in [0.15, 0.2) is 0 Å². The highest BCUT2D eigenvalue weighted by Crippen LogP contribution is 2.64. The maximum absolute atomic E-state index is 12.5. The smallest absolute Gasteiger partial charge is 0.138 e. The fraction of sp³-hybridized carbons (Fsp3) is 0.850. The molecule has 0 amide bonds. The van der Waals surface area contributed by atoms with Gasteiger partial charge < -0.3 is 14.9 Å². The molecule has 136 valence electrons. The van der Waals surface area contributed by atoms with Crippen LogP contribution in [0.3, 0.4) is 0 Å². The minimum Gasteiger partial charge on any atom is -0.390 e. The largest absolute Gasteiger partial charge is 0.390 e. The Morgan fingerprint density at radius 2 is 1.79 bits per heavy atom. The lowest BCUT2D eigenvalue weighted by molar-refractivity contribution is -0.314. The van der Waals surface area contributed by atoms with Gasteiger partial charge in [0.2, 0.25) is 0 Å². The van der Waals surface area contributed by atoms with E-state index in [1.807, 2.05) is 13.8 Å². The Kier molecular flexibility index (Phi) is 3.88. The molecule has 7 atom stereocenters. The van der Waals surface area contributed by atoms with Crippen LogP contribution >= 0.6 is 0 Å². The summed E-state index contributed by atoms with van der Waals surface area (Å²) in [5.74, 6) is 0.318. The van der Waals surface area contributed by atoms with Gasteiger partial charge in [-0.1, -0.05) is 26.8 Å². The molecule has 2 aliphatic carbocycles. The van der Waals surface area contributed by atoms with Crippen LogP contribution in [0, 0.1) is 22.7 Å². The van der Waals surface area contributed by atoms with Crippen molar-refractivity contribution in [2.75, 3.05) is 0 Å². The van der Waals surface area contributed by atoms with Crippen molar-refractivity contribution in [3.05, 3.63) is 12.7 Å². The maximum Gasteiger partial charge on any atom is 0.138 e. The predicted octanol–water partition coefficient (Wildman–Crippen LogP) is 2.86. The van der Waals surface area contributed by atoms with Crippen LogP contribution in [0.25, 0.3) is 0 Å². The molecule has 3 fully saturated rings. The van der Waals surface area contributed by atoms with Gasteiger partial charge in [0.25, 0.3) is 0 Å². The van der Waals surface area contributed by atoms with Crippen molar-refractivity contribution >= 4 is 5.78 Å². The Morgan fingerprint density at radius 1 is 1.17 bits per heavy atom. The third-order valence-electron chi connectivity index (χ3n) is 7.69. The van der Waals surface area contributed by atoms with Crippen LogP contribution < -0.4 is 0 Å². The van der Waals surface area contributed by atoms with Gasteiger partial charge >= 0.3 is 0 Å². The third-order valence-corrected chi connectivity index (χ3v) is 7.69. The highest BCUT2D eigenvalue weighted by atomic mass is 16.5. The number of fused-ring (bicyclic) bond motifs is 3. The quantitative estimate of drug-likeness (QED) is 0.723. The number of ketones is 1. The normalized spacial score (nSPS) is 53.9. The number of hydrogen-bond acceptors (Lipinski definition) is 4. The van der Waals surface area contributed by atoms with Crippen LogP contribution in [0.4, 0.5) is 0 Å². The predicted molar refractivity (Wildman–Crippen MR) is 92.4 cm³/mol. The van der Waals surface area contributed by atoms with E-state index in [-0.39, 0.29) is 17.3 Å². The van der Waals surface area contributed by atoms with Crippen LogP contribution in [0.1, 0.15) is 60.3 Å². The van der Waals surface area contributed by atoms with E-state index in [2.05, 4.69) is 20.4 Å². The molecule has 1 aliphatic heterocycles. The summed E-state index contributed by atoms with van der Waals surface area (Å²) in [5.41, 5.74) is -2.09. The van der Waals surface area contributed by atoms with Gasteiger partial charge in [0.05, 0.1) is 11.7 Å². The van der Waals surface area contributed by atoms with Crippen molar-refractivity contribution in [1.82, 2.24) is 0 Å². The molecular weight excluding hydrogens is 304 g/mol. The minimum atomic E-state index is -1.01. The fourth-order valence-electron chi connectivity index (χ4n) is 6.36. The van der Waals surface area contributed by atoms with Crippen LogP contribution in [0.15, 0.2) is 12.7 Å². The van der Waals surface area contributed by atoms with Crippen LogP contribution in [0.2, 0.25) is 0 Å². The lowest BCUT2D eigenvalue weighted by Crippen LogP contribution is -2.72. The van der Waals surface area contributed by atoms with Gasteiger partial charge in [0.1, 0.15) is 17.5 Å². The Balaban J connectivity index is 2.07. The molecule has 0 radical (unpaired) electrons. The molecule has 4 heteroatoms. The first-order valence-corrected chi connectivity index (χ1v) is 9.15. The number of carbonyl (C=O) groups is 1. The molecule has 24 heavy (non-hydrogen) atoms. The summed E-state index contributed by atoms with van der Waals surface area (Å²) in [6, 6.07) is 0. The summed E-state index contributed by atoms with van der Waals surface area (Å²) in [6.07, 6.45) is 2.67. The molecule has 2 N–H and O–H groups in total. The van der Waals surface area contributed by atoms with E-state index >= 15 is 0 Å². The van der Waals surface area contributed by atoms with Crippen molar-refractivity contribution < 1.29 is 19.7 Å². The second kappa shape index (κ2) is 5.15. The number of hydrogen-bond donors (Lipinski definition) is 2. The van der Waals surface area contributed by atoms with E-state index in [1.165, 1.54) is 0 Å². The van der Waals surface area contributed by atoms with Crippen molar-refractivity contribution in [2.24, 2.45) is 22.7 Å². The summed E-state index contributed by atoms with van der Waals surface area (Å²) >= 11 is 0. The molecule has 2 unspecified atom stereocenters. The number of aliphatic hydroxyl groups is 2. The molecule has 0 aromatic carbocycles. The molecule has 1 saturated heterocycles. The molecule has 4 nitrogen and oxygen atoms in total. The van der Waals surface area contributed by atoms with E-state index in [9.17, 15) is 15.0 Å². The van der Waals surface area contributed by atoms with Crippen molar-refractivity contribution in [1.29, 1.82) is 0 Å². The average molecular weight is 336 g/mol. The molecule has 2 saturated carbocycles. The molecule has 1 heterocycles. The van der Waals surface area contributed by atoms with Gasteiger partial charge in [-0.25, -0.2) is 0 Å². The maximum atomic E-state index is 12.5. The topological polar surface area (TPSA) is 66.8 Å². The molecule has 3 aliphatic rings. The van der Waals surface area contributed by atoms with E-state index in [1.54, 1.807) is 13.0 Å². The molecular formula is C20H32O4.